The molecule has 8 heteroatoms. The minimum Gasteiger partial charge on any atom is -0.306 e. The number of rotatable bonds is 4. The standard InChI is InChI=1S/C21H17FN4OS2/c22-14-5-3-13(4-6-14)21-23-10-15(29-21)11-26-8-7-17-16(12-26)20(27)25-19(24-17)18-2-1-9-28-18/h1-6,9-10H,7-8,11-12H2,(H,24,25,27). The first-order valence-corrected chi connectivity index (χ1v) is 10.9. The van der Waals surface area contributed by atoms with Crippen molar-refractivity contribution >= 4 is 22.7 Å². The Balaban J connectivity index is 1.33. The Morgan fingerprint density at radius 3 is 2.86 bits per heavy atom. The van der Waals surface area contributed by atoms with Gasteiger partial charge in [-0.3, -0.25) is 9.69 Å². The highest BCUT2D eigenvalue weighted by atomic mass is 32.1. The summed E-state index contributed by atoms with van der Waals surface area (Å²) in [5.41, 5.74) is 2.50. The number of aromatic nitrogens is 3. The molecule has 0 saturated carbocycles. The SMILES string of the molecule is O=c1[nH]c(-c2cccs2)nc2c1CN(Cc1cnc(-c3ccc(F)cc3)s1)CC2. The molecule has 1 aliphatic rings. The van der Waals surface area contributed by atoms with Crippen LogP contribution in [0, 0.1) is 5.82 Å². The van der Waals surface area contributed by atoms with Crippen LogP contribution in [0.3, 0.4) is 0 Å². The first kappa shape index (κ1) is 18.4. The van der Waals surface area contributed by atoms with Crippen LogP contribution in [0.15, 0.2) is 52.8 Å². The number of aromatic amines is 1. The monoisotopic (exact) mass is 424 g/mol. The van der Waals surface area contributed by atoms with E-state index < -0.39 is 0 Å². The quantitative estimate of drug-likeness (QED) is 0.530. The fourth-order valence-corrected chi connectivity index (χ4v) is 5.10. The highest BCUT2D eigenvalue weighted by Crippen LogP contribution is 2.28. The van der Waals surface area contributed by atoms with Crippen molar-refractivity contribution in [3.05, 3.63) is 80.3 Å². The van der Waals surface area contributed by atoms with Gasteiger partial charge in [-0.2, -0.15) is 0 Å². The van der Waals surface area contributed by atoms with Gasteiger partial charge in [0.15, 0.2) is 5.82 Å². The molecule has 3 aromatic heterocycles. The van der Waals surface area contributed by atoms with Gasteiger partial charge in [0.25, 0.3) is 5.56 Å². The average Bonchev–Trinajstić information content (AvgIpc) is 3.41. The van der Waals surface area contributed by atoms with E-state index in [4.69, 9.17) is 4.98 Å². The number of benzene rings is 1. The molecule has 29 heavy (non-hydrogen) atoms. The van der Waals surface area contributed by atoms with Gasteiger partial charge >= 0.3 is 0 Å². The van der Waals surface area contributed by atoms with Crippen LogP contribution in [0.25, 0.3) is 21.3 Å². The molecule has 1 aromatic carbocycles. The summed E-state index contributed by atoms with van der Waals surface area (Å²) in [5.74, 6) is 0.405. The smallest absolute Gasteiger partial charge is 0.255 e. The van der Waals surface area contributed by atoms with Gasteiger partial charge in [-0.05, 0) is 35.7 Å². The molecule has 4 heterocycles. The predicted molar refractivity (Wildman–Crippen MR) is 113 cm³/mol. The van der Waals surface area contributed by atoms with Crippen LogP contribution in [-0.4, -0.2) is 26.4 Å². The first-order chi connectivity index (χ1) is 14.2. The lowest BCUT2D eigenvalue weighted by atomic mass is 10.1. The number of hydrogen-bond donors (Lipinski definition) is 1. The first-order valence-electron chi connectivity index (χ1n) is 9.24. The number of thiazole rings is 1. The largest absolute Gasteiger partial charge is 0.306 e. The van der Waals surface area contributed by atoms with E-state index in [1.165, 1.54) is 12.1 Å². The molecule has 5 nitrogen and oxygen atoms in total. The maximum absolute atomic E-state index is 13.1. The lowest BCUT2D eigenvalue weighted by Crippen LogP contribution is -2.35. The number of fused-ring (bicyclic) bond motifs is 1. The number of halogens is 1. The Bertz CT molecular complexity index is 1200. The van der Waals surface area contributed by atoms with Crippen LogP contribution in [0.5, 0.6) is 0 Å². The fourth-order valence-electron chi connectivity index (χ4n) is 3.47. The van der Waals surface area contributed by atoms with Gasteiger partial charge in [-0.1, -0.05) is 6.07 Å². The maximum Gasteiger partial charge on any atom is 0.255 e. The van der Waals surface area contributed by atoms with Crippen LogP contribution < -0.4 is 5.56 Å². The Morgan fingerprint density at radius 1 is 1.21 bits per heavy atom. The fraction of sp³-hybridized carbons (Fsp3) is 0.190. The molecule has 1 N–H and O–H groups in total. The predicted octanol–water partition coefficient (Wildman–Crippen LogP) is 4.32. The van der Waals surface area contributed by atoms with E-state index in [0.29, 0.717) is 12.4 Å². The number of nitrogens with zero attached hydrogens (tertiary/aromatic N) is 3. The van der Waals surface area contributed by atoms with Gasteiger partial charge in [0.2, 0.25) is 0 Å². The van der Waals surface area contributed by atoms with Crippen molar-refractivity contribution in [1.29, 1.82) is 0 Å². The second kappa shape index (κ2) is 7.62. The minimum atomic E-state index is -0.251. The van der Waals surface area contributed by atoms with Gasteiger partial charge in [-0.15, -0.1) is 22.7 Å². The average molecular weight is 425 g/mol. The molecule has 0 bridgehead atoms. The summed E-state index contributed by atoms with van der Waals surface area (Å²) >= 11 is 3.17. The third-order valence-electron chi connectivity index (χ3n) is 4.93. The van der Waals surface area contributed by atoms with Crippen LogP contribution in [0.4, 0.5) is 4.39 Å². The molecule has 0 fully saturated rings. The maximum atomic E-state index is 13.1. The van der Waals surface area contributed by atoms with Gasteiger partial charge in [0, 0.05) is 42.7 Å². The van der Waals surface area contributed by atoms with E-state index in [2.05, 4.69) is 14.9 Å². The number of hydrogen-bond acceptors (Lipinski definition) is 6. The van der Waals surface area contributed by atoms with Crippen molar-refractivity contribution in [2.45, 2.75) is 19.5 Å². The second-order valence-electron chi connectivity index (χ2n) is 6.92. The van der Waals surface area contributed by atoms with Gasteiger partial charge in [-0.25, -0.2) is 14.4 Å². The molecule has 5 rings (SSSR count). The summed E-state index contributed by atoms with van der Waals surface area (Å²) in [6.45, 7) is 2.15. The Hall–Kier alpha value is -2.68. The molecular weight excluding hydrogens is 407 g/mol. The van der Waals surface area contributed by atoms with E-state index in [9.17, 15) is 9.18 Å². The van der Waals surface area contributed by atoms with E-state index in [1.54, 1.807) is 34.8 Å². The van der Waals surface area contributed by atoms with Crippen LogP contribution >= 0.6 is 22.7 Å². The molecule has 0 amide bonds. The van der Waals surface area contributed by atoms with Crippen LogP contribution in [-0.2, 0) is 19.5 Å². The van der Waals surface area contributed by atoms with Crippen molar-refractivity contribution in [2.75, 3.05) is 6.54 Å². The molecule has 0 atom stereocenters. The topological polar surface area (TPSA) is 61.9 Å². The summed E-state index contributed by atoms with van der Waals surface area (Å²) in [6.07, 6.45) is 2.61. The summed E-state index contributed by atoms with van der Waals surface area (Å²) in [4.78, 5) is 29.1. The summed E-state index contributed by atoms with van der Waals surface area (Å²) in [7, 11) is 0. The molecule has 0 spiro atoms. The Kier molecular flexibility index (Phi) is 4.83. The van der Waals surface area contributed by atoms with Crippen molar-refractivity contribution < 1.29 is 4.39 Å². The molecule has 0 radical (unpaired) electrons. The zero-order valence-electron chi connectivity index (χ0n) is 15.4. The lowest BCUT2D eigenvalue weighted by molar-refractivity contribution is 0.244. The molecule has 146 valence electrons. The van der Waals surface area contributed by atoms with E-state index in [-0.39, 0.29) is 11.4 Å². The number of thiophene rings is 1. The number of nitrogens with one attached hydrogen (secondary N) is 1. The molecule has 0 unspecified atom stereocenters. The molecule has 0 aliphatic carbocycles. The van der Waals surface area contributed by atoms with Gasteiger partial charge in [0.05, 0.1) is 16.1 Å². The zero-order chi connectivity index (χ0) is 19.8. The Morgan fingerprint density at radius 2 is 2.07 bits per heavy atom. The van der Waals surface area contributed by atoms with E-state index >= 15 is 0 Å². The number of H-pyrrole nitrogens is 1. The van der Waals surface area contributed by atoms with Crippen LogP contribution in [0.1, 0.15) is 16.1 Å². The van der Waals surface area contributed by atoms with Crippen LogP contribution in [0.2, 0.25) is 0 Å². The van der Waals surface area contributed by atoms with Crippen molar-refractivity contribution in [1.82, 2.24) is 19.9 Å². The zero-order valence-corrected chi connectivity index (χ0v) is 17.0. The molecular formula is C21H17FN4OS2. The van der Waals surface area contributed by atoms with Gasteiger partial charge in [0.1, 0.15) is 10.8 Å². The van der Waals surface area contributed by atoms with Crippen molar-refractivity contribution in [3.63, 3.8) is 0 Å². The molecule has 1 aliphatic heterocycles. The van der Waals surface area contributed by atoms with Crippen molar-refractivity contribution in [2.24, 2.45) is 0 Å². The summed E-state index contributed by atoms with van der Waals surface area (Å²) in [5, 5.41) is 2.85. The summed E-state index contributed by atoms with van der Waals surface area (Å²) < 4.78 is 13.1. The lowest BCUT2D eigenvalue weighted by Gasteiger charge is -2.27. The van der Waals surface area contributed by atoms with E-state index in [0.717, 1.165) is 51.1 Å². The highest BCUT2D eigenvalue weighted by Gasteiger charge is 2.22. The van der Waals surface area contributed by atoms with E-state index in [1.807, 2.05) is 23.7 Å². The Labute approximate surface area is 174 Å². The molecule has 4 aromatic rings. The van der Waals surface area contributed by atoms with Crippen molar-refractivity contribution in [3.8, 4) is 21.3 Å². The normalized spacial score (nSPS) is 14.1. The minimum absolute atomic E-state index is 0.0561. The summed E-state index contributed by atoms with van der Waals surface area (Å²) in [6, 6.07) is 10.3. The third-order valence-corrected chi connectivity index (χ3v) is 6.83. The third kappa shape index (κ3) is 3.78. The molecule has 0 saturated heterocycles. The second-order valence-corrected chi connectivity index (χ2v) is 8.98. The van der Waals surface area contributed by atoms with Gasteiger partial charge < -0.3 is 4.98 Å². The highest BCUT2D eigenvalue weighted by molar-refractivity contribution is 7.15.